The lowest BCUT2D eigenvalue weighted by atomic mass is 10.1. The number of benzene rings is 1. The van der Waals surface area contributed by atoms with E-state index in [2.05, 4.69) is 18.4 Å². The maximum absolute atomic E-state index is 6.38. The van der Waals surface area contributed by atoms with Crippen LogP contribution < -0.4 is 0 Å². The van der Waals surface area contributed by atoms with Gasteiger partial charge in [0.05, 0.1) is 16.1 Å². The summed E-state index contributed by atoms with van der Waals surface area (Å²) in [6.07, 6.45) is 4.16. The van der Waals surface area contributed by atoms with Gasteiger partial charge in [-0.3, -0.25) is 0 Å². The Kier molecular flexibility index (Phi) is 5.12. The van der Waals surface area contributed by atoms with Crippen LogP contribution in [0.25, 0.3) is 11.0 Å². The molecule has 0 saturated heterocycles. The molecular weight excluding hydrogens is 279 g/mol. The van der Waals surface area contributed by atoms with Crippen molar-refractivity contribution in [2.75, 3.05) is 5.88 Å². The van der Waals surface area contributed by atoms with E-state index in [4.69, 9.17) is 28.2 Å². The molecule has 0 spiro atoms. The number of halogens is 2. The average Bonchev–Trinajstić information content (AvgIpc) is 2.76. The molecule has 0 bridgehead atoms. The van der Waals surface area contributed by atoms with Gasteiger partial charge in [-0.1, -0.05) is 37.9 Å². The van der Waals surface area contributed by atoms with Crippen LogP contribution in [-0.2, 0) is 6.42 Å². The molecule has 2 nitrogen and oxygen atoms in total. The van der Waals surface area contributed by atoms with E-state index in [1.165, 1.54) is 0 Å². The Balaban J connectivity index is 2.62. The van der Waals surface area contributed by atoms with E-state index in [0.717, 1.165) is 47.6 Å². The normalized spacial score (nSPS) is 13.1. The van der Waals surface area contributed by atoms with Gasteiger partial charge in [0.25, 0.3) is 0 Å². The highest BCUT2D eigenvalue weighted by atomic mass is 35.5. The predicted molar refractivity (Wildman–Crippen MR) is 83.4 cm³/mol. The second-order valence-corrected chi connectivity index (χ2v) is 5.58. The number of alkyl halides is 1. The first kappa shape index (κ1) is 14.7. The predicted octanol–water partition coefficient (Wildman–Crippen LogP) is 5.22. The minimum absolute atomic E-state index is 0.452. The summed E-state index contributed by atoms with van der Waals surface area (Å²) < 4.78 is 2.31. The standard InChI is InChI=1S/C15H20Cl2N2/c1-3-6-11(4-2)19-14(9-10-16)18-13-8-5-7-12(17)15(13)19/h5,7-8,11H,3-4,6,9-10H2,1-2H3. The molecule has 1 unspecified atom stereocenters. The number of aryl methyl sites for hydroxylation is 1. The van der Waals surface area contributed by atoms with E-state index in [1.807, 2.05) is 18.2 Å². The molecule has 0 fully saturated rings. The highest BCUT2D eigenvalue weighted by Crippen LogP contribution is 2.31. The number of rotatable bonds is 6. The van der Waals surface area contributed by atoms with Gasteiger partial charge < -0.3 is 4.57 Å². The molecule has 104 valence electrons. The molecule has 1 aromatic carbocycles. The molecule has 1 aromatic heterocycles. The van der Waals surface area contributed by atoms with E-state index >= 15 is 0 Å². The largest absolute Gasteiger partial charge is 0.324 e. The van der Waals surface area contributed by atoms with Gasteiger partial charge in [0.2, 0.25) is 0 Å². The third-order valence-corrected chi connectivity index (χ3v) is 4.00. The Morgan fingerprint density at radius 3 is 2.74 bits per heavy atom. The molecule has 0 aliphatic heterocycles. The Hall–Kier alpha value is -0.730. The summed E-state index contributed by atoms with van der Waals surface area (Å²) in [6, 6.07) is 6.36. The van der Waals surface area contributed by atoms with Gasteiger partial charge in [-0.15, -0.1) is 11.6 Å². The van der Waals surface area contributed by atoms with Crippen LogP contribution in [0.5, 0.6) is 0 Å². The summed E-state index contributed by atoms with van der Waals surface area (Å²) in [4.78, 5) is 4.71. The minimum Gasteiger partial charge on any atom is -0.324 e. The Labute approximate surface area is 124 Å². The molecule has 1 heterocycles. The first-order chi connectivity index (χ1) is 9.22. The molecule has 0 N–H and O–H groups in total. The molecule has 0 aliphatic carbocycles. The Morgan fingerprint density at radius 2 is 2.11 bits per heavy atom. The third kappa shape index (κ3) is 2.90. The second-order valence-electron chi connectivity index (χ2n) is 4.80. The van der Waals surface area contributed by atoms with E-state index < -0.39 is 0 Å². The molecule has 0 aliphatic rings. The topological polar surface area (TPSA) is 17.8 Å². The molecule has 1 atom stereocenters. The molecular formula is C15H20Cl2N2. The lowest BCUT2D eigenvalue weighted by Crippen LogP contribution is -2.12. The molecule has 4 heteroatoms. The van der Waals surface area contributed by atoms with Crippen molar-refractivity contribution >= 4 is 34.2 Å². The van der Waals surface area contributed by atoms with Crippen LogP contribution in [0.15, 0.2) is 18.2 Å². The van der Waals surface area contributed by atoms with E-state index in [0.29, 0.717) is 11.9 Å². The van der Waals surface area contributed by atoms with Crippen molar-refractivity contribution in [3.8, 4) is 0 Å². The first-order valence-corrected chi connectivity index (χ1v) is 7.85. The van der Waals surface area contributed by atoms with Gasteiger partial charge in [0.15, 0.2) is 0 Å². The number of hydrogen-bond donors (Lipinski definition) is 0. The van der Waals surface area contributed by atoms with Crippen molar-refractivity contribution in [3.63, 3.8) is 0 Å². The molecule has 0 radical (unpaired) electrons. The van der Waals surface area contributed by atoms with Crippen molar-refractivity contribution in [1.29, 1.82) is 0 Å². The zero-order valence-electron chi connectivity index (χ0n) is 11.5. The summed E-state index contributed by atoms with van der Waals surface area (Å²) in [7, 11) is 0. The second kappa shape index (κ2) is 6.62. The van der Waals surface area contributed by atoms with E-state index in [1.54, 1.807) is 0 Å². The summed E-state index contributed by atoms with van der Waals surface area (Å²) in [5, 5.41) is 0.778. The molecule has 19 heavy (non-hydrogen) atoms. The smallest absolute Gasteiger partial charge is 0.111 e. The van der Waals surface area contributed by atoms with E-state index in [9.17, 15) is 0 Å². The van der Waals surface area contributed by atoms with E-state index in [-0.39, 0.29) is 0 Å². The number of aromatic nitrogens is 2. The number of imidazole rings is 1. The van der Waals surface area contributed by atoms with Gasteiger partial charge in [-0.05, 0) is 25.0 Å². The summed E-state index contributed by atoms with van der Waals surface area (Å²) in [5.74, 6) is 1.64. The first-order valence-electron chi connectivity index (χ1n) is 6.94. The molecule has 2 aromatic rings. The lowest BCUT2D eigenvalue weighted by Gasteiger charge is -2.20. The van der Waals surface area contributed by atoms with Crippen molar-refractivity contribution in [1.82, 2.24) is 9.55 Å². The van der Waals surface area contributed by atoms with Crippen LogP contribution in [-0.4, -0.2) is 15.4 Å². The van der Waals surface area contributed by atoms with Crippen LogP contribution in [0.1, 0.15) is 45.0 Å². The lowest BCUT2D eigenvalue weighted by molar-refractivity contribution is 0.445. The summed E-state index contributed by atoms with van der Waals surface area (Å²) in [6.45, 7) is 4.43. The maximum Gasteiger partial charge on any atom is 0.111 e. The number of fused-ring (bicyclic) bond motifs is 1. The van der Waals surface area contributed by atoms with Crippen molar-refractivity contribution in [2.24, 2.45) is 0 Å². The minimum atomic E-state index is 0.452. The monoisotopic (exact) mass is 298 g/mol. The number of nitrogens with zero attached hydrogens (tertiary/aromatic N) is 2. The highest BCUT2D eigenvalue weighted by Gasteiger charge is 2.18. The fourth-order valence-corrected chi connectivity index (χ4v) is 3.09. The molecule has 0 saturated carbocycles. The number of para-hydroxylation sites is 1. The van der Waals surface area contributed by atoms with Crippen LogP contribution in [0, 0.1) is 0 Å². The van der Waals surface area contributed by atoms with Crippen molar-refractivity contribution in [3.05, 3.63) is 29.0 Å². The van der Waals surface area contributed by atoms with Crippen LogP contribution in [0.3, 0.4) is 0 Å². The average molecular weight is 299 g/mol. The van der Waals surface area contributed by atoms with Crippen molar-refractivity contribution in [2.45, 2.75) is 45.6 Å². The summed E-state index contributed by atoms with van der Waals surface area (Å²) in [5.41, 5.74) is 2.03. The van der Waals surface area contributed by atoms with Crippen molar-refractivity contribution < 1.29 is 0 Å². The Morgan fingerprint density at radius 1 is 1.32 bits per heavy atom. The fraction of sp³-hybridized carbons (Fsp3) is 0.533. The highest BCUT2D eigenvalue weighted by molar-refractivity contribution is 6.35. The zero-order valence-corrected chi connectivity index (χ0v) is 13.0. The third-order valence-electron chi connectivity index (χ3n) is 3.51. The SMILES string of the molecule is CCCC(CC)n1c(CCCl)nc2cccc(Cl)c21. The van der Waals surface area contributed by atoms with Gasteiger partial charge in [0.1, 0.15) is 5.82 Å². The van der Waals surface area contributed by atoms with Gasteiger partial charge in [-0.2, -0.15) is 0 Å². The quantitative estimate of drug-likeness (QED) is 0.668. The fourth-order valence-electron chi connectivity index (χ4n) is 2.66. The molecule has 0 amide bonds. The maximum atomic E-state index is 6.38. The van der Waals surface area contributed by atoms with Gasteiger partial charge >= 0.3 is 0 Å². The van der Waals surface area contributed by atoms with Crippen LogP contribution in [0.2, 0.25) is 5.02 Å². The molecule has 2 rings (SSSR count). The van der Waals surface area contributed by atoms with Crippen LogP contribution >= 0.6 is 23.2 Å². The summed E-state index contributed by atoms with van der Waals surface area (Å²) >= 11 is 12.3. The Bertz CT molecular complexity index is 548. The van der Waals surface area contributed by atoms with Crippen LogP contribution in [0.4, 0.5) is 0 Å². The number of hydrogen-bond acceptors (Lipinski definition) is 1. The van der Waals surface area contributed by atoms with Gasteiger partial charge in [0, 0.05) is 18.3 Å². The van der Waals surface area contributed by atoms with Gasteiger partial charge in [-0.25, -0.2) is 4.98 Å². The zero-order chi connectivity index (χ0) is 13.8.